The fourth-order valence-corrected chi connectivity index (χ4v) is 2.96. The Kier molecular flexibility index (Phi) is 4.67. The molecule has 1 saturated heterocycles. The largest absolute Gasteiger partial charge is 0.353 e. The van der Waals surface area contributed by atoms with Crippen LogP contribution in [0.25, 0.3) is 0 Å². The Bertz CT molecular complexity index is 505. The molecule has 0 radical (unpaired) electrons. The maximum absolute atomic E-state index is 6.22. The average molecular weight is 318 g/mol. The molecule has 1 fully saturated rings. The summed E-state index contributed by atoms with van der Waals surface area (Å²) < 4.78 is 0. The van der Waals surface area contributed by atoms with Gasteiger partial charge in [0, 0.05) is 41.8 Å². The Balaban J connectivity index is 0.00000133. The van der Waals surface area contributed by atoms with Crippen LogP contribution in [-0.4, -0.2) is 29.4 Å². The summed E-state index contributed by atoms with van der Waals surface area (Å²) in [6, 6.07) is 5.67. The summed E-state index contributed by atoms with van der Waals surface area (Å²) in [5, 5.41) is 1.49. The summed E-state index contributed by atoms with van der Waals surface area (Å²) in [5.41, 5.74) is 1.01. The van der Waals surface area contributed by atoms with Crippen LogP contribution >= 0.6 is 35.6 Å². The lowest BCUT2D eigenvalue weighted by Gasteiger charge is -2.26. The van der Waals surface area contributed by atoms with Crippen LogP contribution in [0.4, 0.5) is 0 Å². The molecule has 102 valence electrons. The molecule has 2 aliphatic heterocycles. The minimum Gasteiger partial charge on any atom is -0.353 e. The lowest BCUT2D eigenvalue weighted by atomic mass is 10.2. The van der Waals surface area contributed by atoms with Gasteiger partial charge in [0.1, 0.15) is 5.82 Å². The third-order valence-electron chi connectivity index (χ3n) is 3.41. The summed E-state index contributed by atoms with van der Waals surface area (Å²) in [6.45, 7) is 3.86. The van der Waals surface area contributed by atoms with Gasteiger partial charge in [-0.15, -0.1) is 12.4 Å². The molecule has 0 spiro atoms. The molecular formula is C14H15Cl3N2. The zero-order valence-electron chi connectivity index (χ0n) is 10.4. The molecule has 2 aliphatic rings. The SMILES string of the molecule is Cl.Clc1cccc(Cl)c1CN1CCN2CC=CC=C21. The third-order valence-corrected chi connectivity index (χ3v) is 4.11. The third kappa shape index (κ3) is 2.86. The number of hydrogen-bond donors (Lipinski definition) is 0. The van der Waals surface area contributed by atoms with Crippen molar-refractivity contribution in [2.45, 2.75) is 6.54 Å². The number of nitrogens with zero attached hydrogens (tertiary/aromatic N) is 2. The van der Waals surface area contributed by atoms with Gasteiger partial charge < -0.3 is 9.80 Å². The van der Waals surface area contributed by atoms with E-state index < -0.39 is 0 Å². The van der Waals surface area contributed by atoms with E-state index in [1.807, 2.05) is 18.2 Å². The van der Waals surface area contributed by atoms with Gasteiger partial charge in [0.05, 0.1) is 0 Å². The molecule has 0 aromatic heterocycles. The molecule has 0 saturated carbocycles. The van der Waals surface area contributed by atoms with Crippen LogP contribution in [0.3, 0.4) is 0 Å². The first-order valence-electron chi connectivity index (χ1n) is 6.05. The first-order chi connectivity index (χ1) is 8.75. The second kappa shape index (κ2) is 6.08. The Morgan fingerprint density at radius 1 is 1.11 bits per heavy atom. The van der Waals surface area contributed by atoms with E-state index in [9.17, 15) is 0 Å². The fourth-order valence-electron chi connectivity index (χ4n) is 2.44. The highest BCUT2D eigenvalue weighted by Gasteiger charge is 2.25. The topological polar surface area (TPSA) is 6.48 Å². The first kappa shape index (κ1) is 14.6. The standard InChI is InChI=1S/C14H14Cl2N2.ClH/c15-12-4-3-5-13(16)11(12)10-18-9-8-17-7-2-1-6-14(17)18;/h1-6H,7-10H2;1H. The molecule has 0 bridgehead atoms. The number of halogens is 3. The molecular weight excluding hydrogens is 303 g/mol. The van der Waals surface area contributed by atoms with Gasteiger partial charge in [-0.05, 0) is 18.2 Å². The van der Waals surface area contributed by atoms with E-state index in [1.54, 1.807) is 0 Å². The molecule has 19 heavy (non-hydrogen) atoms. The summed E-state index contributed by atoms with van der Waals surface area (Å²) in [4.78, 5) is 4.70. The average Bonchev–Trinajstić information content (AvgIpc) is 2.77. The van der Waals surface area contributed by atoms with Crippen LogP contribution in [0.2, 0.25) is 10.0 Å². The van der Waals surface area contributed by atoms with Crippen LogP contribution in [0, 0.1) is 0 Å². The van der Waals surface area contributed by atoms with Gasteiger partial charge in [0.2, 0.25) is 0 Å². The second-order valence-electron chi connectivity index (χ2n) is 4.52. The first-order valence-corrected chi connectivity index (χ1v) is 6.81. The van der Waals surface area contributed by atoms with Crippen LogP contribution in [0.15, 0.2) is 42.2 Å². The van der Waals surface area contributed by atoms with Gasteiger partial charge in [0.25, 0.3) is 0 Å². The van der Waals surface area contributed by atoms with Gasteiger partial charge in [-0.3, -0.25) is 0 Å². The van der Waals surface area contributed by atoms with Crippen molar-refractivity contribution in [2.75, 3.05) is 19.6 Å². The Morgan fingerprint density at radius 3 is 2.58 bits per heavy atom. The molecule has 1 aromatic rings. The van der Waals surface area contributed by atoms with E-state index in [0.717, 1.165) is 41.8 Å². The predicted molar refractivity (Wildman–Crippen MR) is 82.9 cm³/mol. The van der Waals surface area contributed by atoms with E-state index in [2.05, 4.69) is 28.0 Å². The summed E-state index contributed by atoms with van der Waals surface area (Å²) in [5.74, 6) is 1.27. The highest BCUT2D eigenvalue weighted by Crippen LogP contribution is 2.29. The molecule has 3 rings (SSSR count). The monoisotopic (exact) mass is 316 g/mol. The number of fused-ring (bicyclic) bond motifs is 1. The number of rotatable bonds is 2. The van der Waals surface area contributed by atoms with E-state index in [-0.39, 0.29) is 12.4 Å². The highest BCUT2D eigenvalue weighted by atomic mass is 35.5. The maximum Gasteiger partial charge on any atom is 0.105 e. The fraction of sp³-hybridized carbons (Fsp3) is 0.286. The number of benzene rings is 1. The van der Waals surface area contributed by atoms with E-state index in [1.165, 1.54) is 5.82 Å². The number of allylic oxidation sites excluding steroid dienone is 2. The van der Waals surface area contributed by atoms with Crippen molar-refractivity contribution in [1.29, 1.82) is 0 Å². The second-order valence-corrected chi connectivity index (χ2v) is 5.34. The zero-order chi connectivity index (χ0) is 12.5. The summed E-state index contributed by atoms with van der Waals surface area (Å²) in [7, 11) is 0. The van der Waals surface area contributed by atoms with E-state index in [0.29, 0.717) is 0 Å². The Hall–Kier alpha value is -0.830. The van der Waals surface area contributed by atoms with Gasteiger partial charge in [-0.25, -0.2) is 0 Å². The molecule has 2 nitrogen and oxygen atoms in total. The minimum absolute atomic E-state index is 0. The molecule has 5 heteroatoms. The van der Waals surface area contributed by atoms with Crippen molar-refractivity contribution in [3.8, 4) is 0 Å². The summed E-state index contributed by atoms with van der Waals surface area (Å²) >= 11 is 12.4. The van der Waals surface area contributed by atoms with Gasteiger partial charge in [-0.1, -0.05) is 41.4 Å². The van der Waals surface area contributed by atoms with Crippen molar-refractivity contribution < 1.29 is 0 Å². The molecule has 0 aliphatic carbocycles. The normalized spacial score (nSPS) is 17.1. The smallest absolute Gasteiger partial charge is 0.105 e. The van der Waals surface area contributed by atoms with Gasteiger partial charge in [-0.2, -0.15) is 0 Å². The molecule has 0 atom stereocenters. The molecule has 1 aromatic carbocycles. The minimum atomic E-state index is 0. The Morgan fingerprint density at radius 2 is 1.84 bits per heavy atom. The molecule has 0 N–H and O–H groups in total. The maximum atomic E-state index is 6.22. The highest BCUT2D eigenvalue weighted by molar-refractivity contribution is 6.35. The lowest BCUT2D eigenvalue weighted by molar-refractivity contribution is 0.344. The Labute approximate surface area is 129 Å². The van der Waals surface area contributed by atoms with Crippen molar-refractivity contribution in [3.63, 3.8) is 0 Å². The van der Waals surface area contributed by atoms with E-state index >= 15 is 0 Å². The molecule has 0 amide bonds. The van der Waals surface area contributed by atoms with Crippen LogP contribution < -0.4 is 0 Å². The van der Waals surface area contributed by atoms with Gasteiger partial charge >= 0.3 is 0 Å². The number of hydrogen-bond acceptors (Lipinski definition) is 2. The van der Waals surface area contributed by atoms with Crippen LogP contribution in [0.5, 0.6) is 0 Å². The summed E-state index contributed by atoms with van der Waals surface area (Å²) in [6.07, 6.45) is 6.44. The predicted octanol–water partition coefficient (Wildman–Crippen LogP) is 3.94. The van der Waals surface area contributed by atoms with Crippen molar-refractivity contribution in [3.05, 3.63) is 57.9 Å². The lowest BCUT2D eigenvalue weighted by Crippen LogP contribution is -2.24. The molecule has 0 unspecified atom stereocenters. The quantitative estimate of drug-likeness (QED) is 0.815. The van der Waals surface area contributed by atoms with Crippen molar-refractivity contribution in [2.24, 2.45) is 0 Å². The van der Waals surface area contributed by atoms with Crippen LogP contribution in [0.1, 0.15) is 5.56 Å². The van der Waals surface area contributed by atoms with Crippen molar-refractivity contribution in [1.82, 2.24) is 9.80 Å². The zero-order valence-corrected chi connectivity index (χ0v) is 12.7. The van der Waals surface area contributed by atoms with E-state index in [4.69, 9.17) is 23.2 Å². The van der Waals surface area contributed by atoms with Gasteiger partial charge in [0.15, 0.2) is 0 Å². The molecule has 2 heterocycles. The van der Waals surface area contributed by atoms with Crippen LogP contribution in [-0.2, 0) is 6.54 Å². The van der Waals surface area contributed by atoms with Crippen molar-refractivity contribution >= 4 is 35.6 Å².